The number of nitrogens with zero attached hydrogens (tertiary/aromatic N) is 1. The standard InChI is InChI=1S/C14H22N2S/c1-13(2)6-3-7-14(10-13,16-11-4-5-11)12-15-8-9-17-12/h8-9,11,16H,3-7,10H2,1-2H3. The Bertz CT molecular complexity index is 381. The number of thiazole rings is 1. The third kappa shape index (κ3) is 2.41. The smallest absolute Gasteiger partial charge is 0.113 e. The van der Waals surface area contributed by atoms with Gasteiger partial charge in [0, 0.05) is 17.6 Å². The maximum Gasteiger partial charge on any atom is 0.113 e. The van der Waals surface area contributed by atoms with Gasteiger partial charge in [-0.1, -0.05) is 20.3 Å². The molecule has 0 amide bonds. The Labute approximate surface area is 108 Å². The van der Waals surface area contributed by atoms with E-state index in [1.807, 2.05) is 17.5 Å². The summed E-state index contributed by atoms with van der Waals surface area (Å²) in [6.45, 7) is 4.81. The van der Waals surface area contributed by atoms with E-state index in [1.165, 1.54) is 43.5 Å². The van der Waals surface area contributed by atoms with Crippen LogP contribution in [-0.4, -0.2) is 11.0 Å². The summed E-state index contributed by atoms with van der Waals surface area (Å²) in [4.78, 5) is 4.61. The monoisotopic (exact) mass is 250 g/mol. The highest BCUT2D eigenvalue weighted by Gasteiger charge is 2.45. The maximum absolute atomic E-state index is 4.61. The summed E-state index contributed by atoms with van der Waals surface area (Å²) in [5.41, 5.74) is 0.628. The predicted octanol–water partition coefficient (Wildman–Crippen LogP) is 3.69. The fourth-order valence-corrected chi connectivity index (χ4v) is 4.14. The summed E-state index contributed by atoms with van der Waals surface area (Å²) in [6, 6.07) is 0.757. The van der Waals surface area contributed by atoms with Gasteiger partial charge in [-0.2, -0.15) is 0 Å². The molecule has 3 heteroatoms. The van der Waals surface area contributed by atoms with E-state index < -0.39 is 0 Å². The minimum atomic E-state index is 0.178. The molecule has 1 heterocycles. The Morgan fingerprint density at radius 2 is 2.18 bits per heavy atom. The molecule has 0 bridgehead atoms. The zero-order chi connectivity index (χ0) is 11.9. The second kappa shape index (κ2) is 4.06. The molecule has 2 fully saturated rings. The van der Waals surface area contributed by atoms with Gasteiger partial charge in [0.1, 0.15) is 5.01 Å². The Hall–Kier alpha value is -0.410. The van der Waals surface area contributed by atoms with Crippen molar-refractivity contribution in [2.45, 2.75) is 64.0 Å². The third-order valence-corrected chi connectivity index (χ3v) is 5.11. The van der Waals surface area contributed by atoms with E-state index in [0.717, 1.165) is 6.04 Å². The van der Waals surface area contributed by atoms with Gasteiger partial charge in [0.25, 0.3) is 0 Å². The molecule has 1 N–H and O–H groups in total. The van der Waals surface area contributed by atoms with Crippen LogP contribution in [0.4, 0.5) is 0 Å². The van der Waals surface area contributed by atoms with Gasteiger partial charge in [-0.05, 0) is 37.5 Å². The Morgan fingerprint density at radius 3 is 2.76 bits per heavy atom. The van der Waals surface area contributed by atoms with E-state index in [4.69, 9.17) is 0 Å². The molecule has 94 valence electrons. The summed E-state index contributed by atoms with van der Waals surface area (Å²) in [5.74, 6) is 0. The molecule has 1 unspecified atom stereocenters. The lowest BCUT2D eigenvalue weighted by Gasteiger charge is -2.44. The molecule has 0 radical (unpaired) electrons. The number of rotatable bonds is 3. The molecule has 17 heavy (non-hydrogen) atoms. The first-order valence-corrected chi connectivity index (χ1v) is 7.65. The van der Waals surface area contributed by atoms with Crippen molar-refractivity contribution in [3.05, 3.63) is 16.6 Å². The first-order valence-electron chi connectivity index (χ1n) is 6.77. The number of aromatic nitrogens is 1. The largest absolute Gasteiger partial charge is 0.303 e. The van der Waals surface area contributed by atoms with E-state index in [0.29, 0.717) is 5.41 Å². The third-order valence-electron chi connectivity index (χ3n) is 4.14. The number of nitrogens with one attached hydrogen (secondary N) is 1. The van der Waals surface area contributed by atoms with Crippen LogP contribution in [0.3, 0.4) is 0 Å². The highest BCUT2D eigenvalue weighted by atomic mass is 32.1. The van der Waals surface area contributed by atoms with Crippen molar-refractivity contribution < 1.29 is 0 Å². The van der Waals surface area contributed by atoms with Crippen molar-refractivity contribution in [2.75, 3.05) is 0 Å². The fourth-order valence-electron chi connectivity index (χ4n) is 3.31. The number of hydrogen-bond donors (Lipinski definition) is 1. The predicted molar refractivity (Wildman–Crippen MR) is 72.2 cm³/mol. The van der Waals surface area contributed by atoms with Gasteiger partial charge in [0.15, 0.2) is 0 Å². The van der Waals surface area contributed by atoms with E-state index in [2.05, 4.69) is 29.5 Å². The van der Waals surface area contributed by atoms with Gasteiger partial charge < -0.3 is 5.32 Å². The van der Waals surface area contributed by atoms with Crippen LogP contribution in [-0.2, 0) is 5.54 Å². The lowest BCUT2D eigenvalue weighted by atomic mass is 9.68. The van der Waals surface area contributed by atoms with E-state index in [-0.39, 0.29) is 5.54 Å². The van der Waals surface area contributed by atoms with Crippen LogP contribution in [0.25, 0.3) is 0 Å². The Morgan fingerprint density at radius 1 is 1.35 bits per heavy atom. The topological polar surface area (TPSA) is 24.9 Å². The van der Waals surface area contributed by atoms with Crippen LogP contribution in [0.1, 0.15) is 57.4 Å². The summed E-state index contributed by atoms with van der Waals surface area (Å²) < 4.78 is 0. The Kier molecular flexibility index (Phi) is 2.79. The van der Waals surface area contributed by atoms with Crippen LogP contribution in [0.5, 0.6) is 0 Å². The first-order chi connectivity index (χ1) is 8.10. The molecular formula is C14H22N2S. The van der Waals surface area contributed by atoms with Crippen molar-refractivity contribution in [3.8, 4) is 0 Å². The van der Waals surface area contributed by atoms with Crippen molar-refractivity contribution in [1.82, 2.24) is 10.3 Å². The van der Waals surface area contributed by atoms with Crippen LogP contribution in [0, 0.1) is 5.41 Å². The highest BCUT2D eigenvalue weighted by Crippen LogP contribution is 2.48. The van der Waals surface area contributed by atoms with Gasteiger partial charge in [-0.15, -0.1) is 11.3 Å². The summed E-state index contributed by atoms with van der Waals surface area (Å²) in [7, 11) is 0. The molecule has 1 aromatic heterocycles. The molecule has 2 aliphatic rings. The van der Waals surface area contributed by atoms with Gasteiger partial charge >= 0.3 is 0 Å². The highest BCUT2D eigenvalue weighted by molar-refractivity contribution is 7.09. The van der Waals surface area contributed by atoms with E-state index in [9.17, 15) is 0 Å². The molecule has 0 spiro atoms. The minimum Gasteiger partial charge on any atom is -0.303 e. The average Bonchev–Trinajstić information content (AvgIpc) is 2.89. The summed E-state index contributed by atoms with van der Waals surface area (Å²) in [5, 5.41) is 7.35. The van der Waals surface area contributed by atoms with Crippen LogP contribution in [0.15, 0.2) is 11.6 Å². The lowest BCUT2D eigenvalue weighted by molar-refractivity contribution is 0.116. The lowest BCUT2D eigenvalue weighted by Crippen LogP contribution is -2.49. The normalized spacial score (nSPS) is 32.6. The van der Waals surface area contributed by atoms with Gasteiger partial charge in [-0.3, -0.25) is 0 Å². The summed E-state index contributed by atoms with van der Waals surface area (Å²) in [6.07, 6.45) is 9.85. The van der Waals surface area contributed by atoms with Gasteiger partial charge in [-0.25, -0.2) is 4.98 Å². The molecule has 2 nitrogen and oxygen atoms in total. The van der Waals surface area contributed by atoms with Crippen LogP contribution >= 0.6 is 11.3 Å². The zero-order valence-electron chi connectivity index (χ0n) is 10.8. The van der Waals surface area contributed by atoms with Gasteiger partial charge in [0.05, 0.1) is 5.54 Å². The van der Waals surface area contributed by atoms with Crippen molar-refractivity contribution in [3.63, 3.8) is 0 Å². The van der Waals surface area contributed by atoms with Crippen LogP contribution < -0.4 is 5.32 Å². The minimum absolute atomic E-state index is 0.178. The molecule has 2 aliphatic carbocycles. The van der Waals surface area contributed by atoms with Crippen molar-refractivity contribution >= 4 is 11.3 Å². The molecule has 2 saturated carbocycles. The quantitative estimate of drug-likeness (QED) is 0.885. The van der Waals surface area contributed by atoms with E-state index >= 15 is 0 Å². The molecule has 0 saturated heterocycles. The van der Waals surface area contributed by atoms with Crippen molar-refractivity contribution in [2.24, 2.45) is 5.41 Å². The first kappa shape index (κ1) is 11.7. The Balaban J connectivity index is 1.89. The molecule has 1 atom stereocenters. The van der Waals surface area contributed by atoms with Gasteiger partial charge in [0.2, 0.25) is 0 Å². The molecular weight excluding hydrogens is 228 g/mol. The van der Waals surface area contributed by atoms with Crippen LogP contribution in [0.2, 0.25) is 0 Å². The molecule has 3 rings (SSSR count). The maximum atomic E-state index is 4.61. The second-order valence-electron chi connectivity index (χ2n) is 6.53. The average molecular weight is 250 g/mol. The zero-order valence-corrected chi connectivity index (χ0v) is 11.6. The van der Waals surface area contributed by atoms with E-state index in [1.54, 1.807) is 0 Å². The SMILES string of the molecule is CC1(C)CCCC(NC2CC2)(c2nccs2)C1. The molecule has 0 aromatic carbocycles. The van der Waals surface area contributed by atoms with Crippen molar-refractivity contribution in [1.29, 1.82) is 0 Å². The number of hydrogen-bond acceptors (Lipinski definition) is 3. The summed E-state index contributed by atoms with van der Waals surface area (Å²) >= 11 is 1.83. The fraction of sp³-hybridized carbons (Fsp3) is 0.786. The second-order valence-corrected chi connectivity index (χ2v) is 7.43. The molecule has 0 aliphatic heterocycles. The molecule has 1 aromatic rings.